The minimum absolute atomic E-state index is 0.0237. The van der Waals surface area contributed by atoms with E-state index < -0.39 is 11.9 Å². The third-order valence-corrected chi connectivity index (χ3v) is 2.15. The Morgan fingerprint density at radius 1 is 1.32 bits per heavy atom. The van der Waals surface area contributed by atoms with Crippen LogP contribution in [0.25, 0.3) is 0 Å². The molecule has 0 radical (unpaired) electrons. The van der Waals surface area contributed by atoms with Gasteiger partial charge in [-0.1, -0.05) is 0 Å². The zero-order valence-electron chi connectivity index (χ0n) is 10.3. The summed E-state index contributed by atoms with van der Waals surface area (Å²) in [7, 11) is 0. The molecule has 0 N–H and O–H groups in total. The molecule has 104 valence electrons. The average molecular weight is 274 g/mol. The predicted octanol–water partition coefficient (Wildman–Crippen LogP) is 2.78. The van der Waals surface area contributed by atoms with Gasteiger partial charge in [0.1, 0.15) is 17.3 Å². The van der Waals surface area contributed by atoms with Gasteiger partial charge in [-0.15, -0.1) is 0 Å². The summed E-state index contributed by atoms with van der Waals surface area (Å²) in [6.07, 6.45) is -4.05. The van der Waals surface area contributed by atoms with E-state index in [1.54, 1.807) is 6.07 Å². The summed E-state index contributed by atoms with van der Waals surface area (Å²) < 4.78 is 47.6. The number of halogens is 3. The lowest BCUT2D eigenvalue weighted by atomic mass is 10.2. The van der Waals surface area contributed by atoms with Gasteiger partial charge >= 0.3 is 6.18 Å². The first-order chi connectivity index (χ1) is 8.99. The van der Waals surface area contributed by atoms with E-state index in [9.17, 15) is 13.2 Å². The summed E-state index contributed by atoms with van der Waals surface area (Å²) in [5.41, 5.74) is -1.10. The van der Waals surface area contributed by atoms with Crippen LogP contribution in [0.3, 0.4) is 0 Å². The highest BCUT2D eigenvalue weighted by Crippen LogP contribution is 2.29. The zero-order valence-corrected chi connectivity index (χ0v) is 10.3. The summed E-state index contributed by atoms with van der Waals surface area (Å²) in [6, 6.07) is 3.55. The van der Waals surface area contributed by atoms with E-state index in [0.717, 1.165) is 12.1 Å². The molecule has 0 unspecified atom stereocenters. The smallest absolute Gasteiger partial charge is 0.433 e. The molecule has 1 rings (SSSR count). The van der Waals surface area contributed by atoms with Crippen LogP contribution in [0.15, 0.2) is 12.1 Å². The average Bonchev–Trinajstić information content (AvgIpc) is 2.37. The number of nitrogens with zero attached hydrogens (tertiary/aromatic N) is 2. The van der Waals surface area contributed by atoms with Crippen LogP contribution in [-0.4, -0.2) is 24.8 Å². The van der Waals surface area contributed by atoms with Crippen molar-refractivity contribution < 1.29 is 22.6 Å². The van der Waals surface area contributed by atoms with E-state index >= 15 is 0 Å². The number of pyridine rings is 1. The molecule has 7 heteroatoms. The second-order valence-electron chi connectivity index (χ2n) is 3.56. The standard InChI is InChI=1S/C12H13F3N2O2/c1-2-18-6-3-7-19-11-9(8-16)4-5-10(17-11)12(13,14)15/h4-5H,2-3,6-7H2,1H3. The zero-order chi connectivity index (χ0) is 14.3. The maximum absolute atomic E-state index is 12.5. The molecule has 19 heavy (non-hydrogen) atoms. The SMILES string of the molecule is CCOCCCOc1nc(C(F)(F)F)ccc1C#N. The van der Waals surface area contributed by atoms with Crippen LogP contribution in [0.2, 0.25) is 0 Å². The van der Waals surface area contributed by atoms with E-state index in [0.29, 0.717) is 19.6 Å². The van der Waals surface area contributed by atoms with Gasteiger partial charge in [-0.3, -0.25) is 0 Å². The normalized spacial score (nSPS) is 11.1. The minimum Gasteiger partial charge on any atom is -0.477 e. The Labute approximate surface area is 108 Å². The number of aromatic nitrogens is 1. The molecule has 1 aromatic heterocycles. The molecule has 0 spiro atoms. The monoisotopic (exact) mass is 274 g/mol. The van der Waals surface area contributed by atoms with Gasteiger partial charge in [0, 0.05) is 19.6 Å². The highest BCUT2D eigenvalue weighted by Gasteiger charge is 2.33. The topological polar surface area (TPSA) is 55.1 Å². The third-order valence-electron chi connectivity index (χ3n) is 2.15. The van der Waals surface area contributed by atoms with E-state index in [1.807, 2.05) is 6.92 Å². The highest BCUT2D eigenvalue weighted by atomic mass is 19.4. The van der Waals surface area contributed by atoms with Crippen molar-refractivity contribution in [1.29, 1.82) is 5.26 Å². The second-order valence-corrected chi connectivity index (χ2v) is 3.56. The molecular formula is C12H13F3N2O2. The van der Waals surface area contributed by atoms with Crippen LogP contribution in [0.1, 0.15) is 24.6 Å². The largest absolute Gasteiger partial charge is 0.477 e. The number of nitriles is 1. The Morgan fingerprint density at radius 2 is 2.05 bits per heavy atom. The molecule has 0 fully saturated rings. The summed E-state index contributed by atoms with van der Waals surface area (Å²) in [5.74, 6) is -0.297. The Kier molecular flexibility index (Phi) is 5.57. The van der Waals surface area contributed by atoms with Gasteiger partial charge in [0.05, 0.1) is 6.61 Å². The van der Waals surface area contributed by atoms with Crippen LogP contribution in [0, 0.1) is 11.3 Å². The summed E-state index contributed by atoms with van der Waals surface area (Å²) in [5, 5.41) is 8.78. The number of hydrogen-bond donors (Lipinski definition) is 0. The molecule has 0 aliphatic rings. The molecular weight excluding hydrogens is 261 g/mol. The van der Waals surface area contributed by atoms with E-state index in [4.69, 9.17) is 14.7 Å². The van der Waals surface area contributed by atoms with Gasteiger partial charge in [0.15, 0.2) is 0 Å². The van der Waals surface area contributed by atoms with Gasteiger partial charge < -0.3 is 9.47 Å². The Balaban J connectivity index is 2.72. The maximum atomic E-state index is 12.5. The lowest BCUT2D eigenvalue weighted by molar-refractivity contribution is -0.141. The van der Waals surface area contributed by atoms with Crippen molar-refractivity contribution in [3.8, 4) is 11.9 Å². The summed E-state index contributed by atoms with van der Waals surface area (Å²) in [4.78, 5) is 3.32. The van der Waals surface area contributed by atoms with Crippen molar-refractivity contribution in [2.45, 2.75) is 19.5 Å². The van der Waals surface area contributed by atoms with Crippen molar-refractivity contribution in [1.82, 2.24) is 4.98 Å². The Bertz CT molecular complexity index is 455. The number of hydrogen-bond acceptors (Lipinski definition) is 4. The second kappa shape index (κ2) is 6.95. The van der Waals surface area contributed by atoms with Crippen molar-refractivity contribution in [2.24, 2.45) is 0 Å². The molecule has 0 amide bonds. The number of alkyl halides is 3. The van der Waals surface area contributed by atoms with Crippen molar-refractivity contribution >= 4 is 0 Å². The van der Waals surface area contributed by atoms with E-state index in [1.165, 1.54) is 0 Å². The fourth-order valence-electron chi connectivity index (χ4n) is 1.27. The molecule has 4 nitrogen and oxygen atoms in total. The quantitative estimate of drug-likeness (QED) is 0.748. The first-order valence-electron chi connectivity index (χ1n) is 5.68. The number of ether oxygens (including phenoxy) is 2. The van der Waals surface area contributed by atoms with Crippen LogP contribution in [0.4, 0.5) is 13.2 Å². The fraction of sp³-hybridized carbons (Fsp3) is 0.500. The maximum Gasteiger partial charge on any atom is 0.433 e. The van der Waals surface area contributed by atoms with Crippen molar-refractivity contribution in [3.63, 3.8) is 0 Å². The molecule has 0 saturated heterocycles. The Hall–Kier alpha value is -1.81. The molecule has 0 atom stereocenters. The van der Waals surface area contributed by atoms with E-state index in [-0.39, 0.29) is 18.1 Å². The lowest BCUT2D eigenvalue weighted by Crippen LogP contribution is -2.11. The van der Waals surface area contributed by atoms with Crippen LogP contribution in [0.5, 0.6) is 5.88 Å². The first kappa shape index (κ1) is 15.2. The number of rotatable bonds is 6. The van der Waals surface area contributed by atoms with E-state index in [2.05, 4.69) is 4.98 Å². The first-order valence-corrected chi connectivity index (χ1v) is 5.68. The van der Waals surface area contributed by atoms with Crippen molar-refractivity contribution in [3.05, 3.63) is 23.4 Å². The lowest BCUT2D eigenvalue weighted by Gasteiger charge is -2.10. The molecule has 1 aromatic rings. The molecule has 0 aromatic carbocycles. The highest BCUT2D eigenvalue weighted by molar-refractivity contribution is 5.39. The van der Waals surface area contributed by atoms with Crippen LogP contribution >= 0.6 is 0 Å². The third kappa shape index (κ3) is 4.75. The summed E-state index contributed by atoms with van der Waals surface area (Å²) >= 11 is 0. The molecule has 0 saturated carbocycles. The van der Waals surface area contributed by atoms with Crippen LogP contribution < -0.4 is 4.74 Å². The van der Waals surface area contributed by atoms with Gasteiger partial charge in [0.25, 0.3) is 0 Å². The molecule has 1 heterocycles. The van der Waals surface area contributed by atoms with Gasteiger partial charge in [-0.2, -0.15) is 18.4 Å². The molecule has 0 aliphatic carbocycles. The predicted molar refractivity (Wildman–Crippen MR) is 60.6 cm³/mol. The molecule has 0 bridgehead atoms. The van der Waals surface area contributed by atoms with Gasteiger partial charge in [0.2, 0.25) is 5.88 Å². The minimum atomic E-state index is -4.56. The van der Waals surface area contributed by atoms with Crippen molar-refractivity contribution in [2.75, 3.05) is 19.8 Å². The molecule has 0 aliphatic heterocycles. The van der Waals surface area contributed by atoms with Gasteiger partial charge in [-0.25, -0.2) is 4.98 Å². The summed E-state index contributed by atoms with van der Waals surface area (Å²) in [6.45, 7) is 2.98. The van der Waals surface area contributed by atoms with Gasteiger partial charge in [-0.05, 0) is 19.1 Å². The Morgan fingerprint density at radius 3 is 2.63 bits per heavy atom. The van der Waals surface area contributed by atoms with Crippen LogP contribution in [-0.2, 0) is 10.9 Å². The fourth-order valence-corrected chi connectivity index (χ4v) is 1.27.